The maximum absolute atomic E-state index is 12.6. The molecule has 1 aliphatic rings. The molecule has 2 unspecified atom stereocenters. The summed E-state index contributed by atoms with van der Waals surface area (Å²) in [4.78, 5) is 11.3. The zero-order chi connectivity index (χ0) is 15.0. The second-order valence-corrected chi connectivity index (χ2v) is 8.31. The predicted octanol–water partition coefficient (Wildman–Crippen LogP) is 1.06. The van der Waals surface area contributed by atoms with E-state index in [1.165, 1.54) is 23.1 Å². The lowest BCUT2D eigenvalue weighted by Crippen LogP contribution is -2.53. The number of rotatable bonds is 5. The fraction of sp³-hybridized carbons (Fsp3) is 0.909. The number of carboxylic acid groups (broad SMARTS) is 1. The molecule has 1 saturated heterocycles. The van der Waals surface area contributed by atoms with E-state index in [0.29, 0.717) is 5.75 Å². The smallest absolute Gasteiger partial charge is 0.322 e. The van der Waals surface area contributed by atoms with Crippen LogP contribution in [0.4, 0.5) is 0 Å². The molecule has 0 aromatic carbocycles. The van der Waals surface area contributed by atoms with E-state index in [9.17, 15) is 18.3 Å². The van der Waals surface area contributed by atoms with E-state index in [2.05, 4.69) is 0 Å². The summed E-state index contributed by atoms with van der Waals surface area (Å²) in [6.45, 7) is 7.33. The Kier molecular flexibility index (Phi) is 5.28. The summed E-state index contributed by atoms with van der Waals surface area (Å²) in [5, 5.41) is 8.90. The van der Waals surface area contributed by atoms with Crippen molar-refractivity contribution in [3.8, 4) is 0 Å². The van der Waals surface area contributed by atoms with Crippen LogP contribution in [-0.4, -0.2) is 58.4 Å². The Morgan fingerprint density at radius 1 is 1.37 bits per heavy atom. The largest absolute Gasteiger partial charge is 0.480 e. The molecule has 0 bridgehead atoms. The highest BCUT2D eigenvalue weighted by Gasteiger charge is 2.48. The Morgan fingerprint density at radius 3 is 2.26 bits per heavy atom. The van der Waals surface area contributed by atoms with E-state index >= 15 is 0 Å². The number of hydrogen-bond donors (Lipinski definition) is 1. The quantitative estimate of drug-likeness (QED) is 0.821. The molecule has 0 spiro atoms. The molecule has 2 atom stereocenters. The third-order valence-electron chi connectivity index (χ3n) is 3.20. The molecular weight excluding hydrogens is 288 g/mol. The predicted molar refractivity (Wildman–Crippen MR) is 76.2 cm³/mol. The molecule has 0 amide bonds. The topological polar surface area (TPSA) is 77.9 Å². The maximum Gasteiger partial charge on any atom is 0.322 e. The number of nitrogens with zero attached hydrogens (tertiary/aromatic N) is 2. The Labute approximate surface area is 119 Å². The first-order valence-corrected chi connectivity index (χ1v) is 8.66. The van der Waals surface area contributed by atoms with Crippen molar-refractivity contribution >= 4 is 27.9 Å². The first-order valence-electron chi connectivity index (χ1n) is 6.21. The van der Waals surface area contributed by atoms with Gasteiger partial charge < -0.3 is 5.11 Å². The minimum absolute atomic E-state index is 0.0599. The van der Waals surface area contributed by atoms with Crippen LogP contribution in [0.3, 0.4) is 0 Å². The van der Waals surface area contributed by atoms with Crippen molar-refractivity contribution in [3.05, 3.63) is 0 Å². The molecule has 0 aliphatic carbocycles. The fourth-order valence-electron chi connectivity index (χ4n) is 1.89. The summed E-state index contributed by atoms with van der Waals surface area (Å²) >= 11 is 1.39. The average Bonchev–Trinajstić information content (AvgIpc) is 2.72. The highest BCUT2D eigenvalue weighted by atomic mass is 32.2. The zero-order valence-electron chi connectivity index (χ0n) is 11.9. The second kappa shape index (κ2) is 5.99. The van der Waals surface area contributed by atoms with Gasteiger partial charge in [-0.05, 0) is 19.8 Å². The molecule has 112 valence electrons. The first kappa shape index (κ1) is 16.7. The molecule has 6 nitrogen and oxygen atoms in total. The third-order valence-corrected chi connectivity index (χ3v) is 7.11. The van der Waals surface area contributed by atoms with Gasteiger partial charge in [0.05, 0.1) is 5.37 Å². The lowest BCUT2D eigenvalue weighted by atomic mass is 10.2. The second-order valence-electron chi connectivity index (χ2n) is 5.27. The molecule has 1 N–H and O–H groups in total. The van der Waals surface area contributed by atoms with Crippen molar-refractivity contribution in [1.82, 2.24) is 8.61 Å². The molecule has 0 radical (unpaired) electrons. The van der Waals surface area contributed by atoms with Crippen molar-refractivity contribution < 1.29 is 18.3 Å². The standard InChI is InChI=1S/C11H22N2O4S2/c1-7(2)10-13(9(6-18-10)11(14)15)19(16,17)12(5)8(3)4/h7-10H,6H2,1-5H3,(H,14,15). The van der Waals surface area contributed by atoms with Gasteiger partial charge >= 0.3 is 5.97 Å². The van der Waals surface area contributed by atoms with Gasteiger partial charge in [-0.15, -0.1) is 11.8 Å². The van der Waals surface area contributed by atoms with Crippen LogP contribution in [0.15, 0.2) is 0 Å². The molecule has 8 heteroatoms. The van der Waals surface area contributed by atoms with Crippen molar-refractivity contribution in [2.75, 3.05) is 12.8 Å². The van der Waals surface area contributed by atoms with Gasteiger partial charge in [0, 0.05) is 18.8 Å². The van der Waals surface area contributed by atoms with Gasteiger partial charge in [-0.25, -0.2) is 0 Å². The average molecular weight is 310 g/mol. The highest BCUT2D eigenvalue weighted by Crippen LogP contribution is 2.37. The molecule has 19 heavy (non-hydrogen) atoms. The van der Waals surface area contributed by atoms with Crippen LogP contribution in [0.2, 0.25) is 0 Å². The number of aliphatic carboxylic acids is 1. The molecule has 1 aliphatic heterocycles. The van der Waals surface area contributed by atoms with Gasteiger partial charge in [0.15, 0.2) is 0 Å². The van der Waals surface area contributed by atoms with Gasteiger partial charge in [0.1, 0.15) is 6.04 Å². The number of carbonyl (C=O) groups is 1. The van der Waals surface area contributed by atoms with E-state index in [0.717, 1.165) is 4.31 Å². The molecular formula is C11H22N2O4S2. The van der Waals surface area contributed by atoms with Crippen molar-refractivity contribution in [1.29, 1.82) is 0 Å². The highest BCUT2D eigenvalue weighted by molar-refractivity contribution is 8.01. The van der Waals surface area contributed by atoms with E-state index in [4.69, 9.17) is 0 Å². The first-order chi connectivity index (χ1) is 8.60. The van der Waals surface area contributed by atoms with Crippen LogP contribution in [0.25, 0.3) is 0 Å². The number of carboxylic acids is 1. The summed E-state index contributed by atoms with van der Waals surface area (Å²) in [7, 11) is -2.28. The number of hydrogen-bond acceptors (Lipinski definition) is 4. The van der Waals surface area contributed by atoms with Gasteiger partial charge in [-0.1, -0.05) is 13.8 Å². The molecule has 1 heterocycles. The molecule has 1 fully saturated rings. The zero-order valence-corrected chi connectivity index (χ0v) is 13.5. The van der Waals surface area contributed by atoms with Gasteiger partial charge in [0.2, 0.25) is 0 Å². The Hall–Kier alpha value is -0.310. The van der Waals surface area contributed by atoms with Crippen LogP contribution in [-0.2, 0) is 15.0 Å². The van der Waals surface area contributed by atoms with E-state index in [1.807, 2.05) is 13.8 Å². The summed E-state index contributed by atoms with van der Waals surface area (Å²) < 4.78 is 27.5. The van der Waals surface area contributed by atoms with E-state index < -0.39 is 22.2 Å². The Bertz CT molecular complexity index is 436. The minimum atomic E-state index is -3.76. The van der Waals surface area contributed by atoms with Crippen molar-refractivity contribution in [2.24, 2.45) is 5.92 Å². The van der Waals surface area contributed by atoms with Crippen LogP contribution < -0.4 is 0 Å². The van der Waals surface area contributed by atoms with Gasteiger partial charge in [-0.2, -0.15) is 17.0 Å². The Morgan fingerprint density at radius 2 is 1.89 bits per heavy atom. The third kappa shape index (κ3) is 3.24. The monoisotopic (exact) mass is 310 g/mol. The fourth-order valence-corrected chi connectivity index (χ4v) is 5.67. The lowest BCUT2D eigenvalue weighted by molar-refractivity contribution is -0.140. The summed E-state index contributed by atoms with van der Waals surface area (Å²) in [6, 6.07) is -1.19. The van der Waals surface area contributed by atoms with Gasteiger partial charge in [0.25, 0.3) is 10.2 Å². The summed E-state index contributed by atoms with van der Waals surface area (Å²) in [5.41, 5.74) is 0. The minimum Gasteiger partial charge on any atom is -0.480 e. The number of thioether (sulfide) groups is 1. The normalized spacial score (nSPS) is 25.7. The van der Waals surface area contributed by atoms with Crippen LogP contribution >= 0.6 is 11.8 Å². The summed E-state index contributed by atoms with van der Waals surface area (Å²) in [6.07, 6.45) is 0. The van der Waals surface area contributed by atoms with Crippen molar-refractivity contribution in [2.45, 2.75) is 45.2 Å². The van der Waals surface area contributed by atoms with Crippen molar-refractivity contribution in [3.63, 3.8) is 0 Å². The molecule has 0 saturated carbocycles. The lowest BCUT2D eigenvalue weighted by Gasteiger charge is -2.33. The van der Waals surface area contributed by atoms with Crippen LogP contribution in [0.1, 0.15) is 27.7 Å². The van der Waals surface area contributed by atoms with Gasteiger partial charge in [-0.3, -0.25) is 4.79 Å². The molecule has 0 aromatic rings. The van der Waals surface area contributed by atoms with Crippen LogP contribution in [0, 0.1) is 5.92 Å². The Balaban J connectivity index is 3.19. The summed E-state index contributed by atoms with van der Waals surface area (Å²) in [5.74, 6) is -0.732. The van der Waals surface area contributed by atoms with Crippen LogP contribution in [0.5, 0.6) is 0 Å². The SMILES string of the molecule is CC(C)C1SCC(C(=O)O)N1S(=O)(=O)N(C)C(C)C. The molecule has 1 rings (SSSR count). The van der Waals surface area contributed by atoms with E-state index in [-0.39, 0.29) is 17.3 Å². The maximum atomic E-state index is 12.6. The molecule has 0 aromatic heterocycles. The van der Waals surface area contributed by atoms with E-state index in [1.54, 1.807) is 13.8 Å².